The molecule has 3 nitrogen and oxygen atoms in total. The Bertz CT molecular complexity index is 280. The smallest absolute Gasteiger partial charge is 0.141 e. The number of ether oxygens (including phenoxy) is 1. The van der Waals surface area contributed by atoms with Crippen LogP contribution in [0.2, 0.25) is 0 Å². The maximum absolute atomic E-state index is 5.30. The van der Waals surface area contributed by atoms with Gasteiger partial charge in [-0.15, -0.1) is 0 Å². The van der Waals surface area contributed by atoms with Crippen molar-refractivity contribution in [2.75, 3.05) is 41.3 Å². The highest BCUT2D eigenvalue weighted by Crippen LogP contribution is 2.14. The van der Waals surface area contributed by atoms with Gasteiger partial charge in [0.1, 0.15) is 5.76 Å². The van der Waals surface area contributed by atoms with E-state index in [9.17, 15) is 0 Å². The van der Waals surface area contributed by atoms with Crippen LogP contribution in [-0.4, -0.2) is 51.1 Å². The van der Waals surface area contributed by atoms with E-state index in [0.717, 1.165) is 30.1 Å². The van der Waals surface area contributed by atoms with Crippen LogP contribution in [0.3, 0.4) is 0 Å². The molecule has 0 aromatic rings. The third-order valence-corrected chi connectivity index (χ3v) is 2.23. The predicted molar refractivity (Wildman–Crippen MR) is 70.2 cm³/mol. The summed E-state index contributed by atoms with van der Waals surface area (Å²) in [6, 6.07) is 0. The fourth-order valence-corrected chi connectivity index (χ4v) is 1.16. The Labute approximate surface area is 99.7 Å². The standard InChI is InChI=1S/C13H24N2O/c1-11(2)10-13(16-7)12(3)15(6)9-8-14(4)5/h10H,1,3,8-9H2,2,4-7H3/b13-10+. The summed E-state index contributed by atoms with van der Waals surface area (Å²) in [4.78, 5) is 4.22. The average Bonchev–Trinajstić information content (AvgIpc) is 2.21. The first-order valence-corrected chi connectivity index (χ1v) is 5.34. The van der Waals surface area contributed by atoms with E-state index in [1.807, 2.05) is 20.0 Å². The lowest BCUT2D eigenvalue weighted by Crippen LogP contribution is -2.28. The van der Waals surface area contributed by atoms with E-state index in [4.69, 9.17) is 4.74 Å². The van der Waals surface area contributed by atoms with Crippen LogP contribution in [0.1, 0.15) is 6.92 Å². The number of rotatable bonds is 7. The molecule has 0 unspecified atom stereocenters. The molecule has 0 spiro atoms. The summed E-state index contributed by atoms with van der Waals surface area (Å²) in [5, 5.41) is 0. The molecule has 0 saturated heterocycles. The van der Waals surface area contributed by atoms with Crippen LogP contribution in [0.4, 0.5) is 0 Å². The van der Waals surface area contributed by atoms with Gasteiger partial charge in [-0.2, -0.15) is 0 Å². The summed E-state index contributed by atoms with van der Waals surface area (Å²) in [6.45, 7) is 11.7. The van der Waals surface area contributed by atoms with Crippen molar-refractivity contribution >= 4 is 0 Å². The van der Waals surface area contributed by atoms with Gasteiger partial charge in [0, 0.05) is 20.1 Å². The molecule has 0 rings (SSSR count). The maximum Gasteiger partial charge on any atom is 0.141 e. The molecule has 0 radical (unpaired) electrons. The van der Waals surface area contributed by atoms with Gasteiger partial charge in [-0.3, -0.25) is 0 Å². The van der Waals surface area contributed by atoms with Crippen molar-refractivity contribution < 1.29 is 4.74 Å². The quantitative estimate of drug-likeness (QED) is 0.486. The largest absolute Gasteiger partial charge is 0.495 e. The van der Waals surface area contributed by atoms with E-state index in [1.54, 1.807) is 7.11 Å². The van der Waals surface area contributed by atoms with E-state index < -0.39 is 0 Å². The van der Waals surface area contributed by atoms with Crippen LogP contribution in [0, 0.1) is 0 Å². The Hall–Kier alpha value is -1.22. The normalized spacial score (nSPS) is 11.5. The number of hydrogen-bond donors (Lipinski definition) is 0. The molecular formula is C13H24N2O. The van der Waals surface area contributed by atoms with Crippen molar-refractivity contribution in [2.24, 2.45) is 0 Å². The number of likely N-dealkylation sites (N-methyl/N-ethyl adjacent to an activating group) is 2. The Morgan fingerprint density at radius 1 is 1.19 bits per heavy atom. The Balaban J connectivity index is 4.45. The van der Waals surface area contributed by atoms with Crippen LogP contribution in [0.25, 0.3) is 0 Å². The minimum Gasteiger partial charge on any atom is -0.495 e. The van der Waals surface area contributed by atoms with Crippen LogP contribution >= 0.6 is 0 Å². The first-order valence-electron chi connectivity index (χ1n) is 5.34. The molecule has 0 N–H and O–H groups in total. The first-order chi connectivity index (χ1) is 7.38. The predicted octanol–water partition coefficient (Wildman–Crippen LogP) is 2.10. The molecule has 0 bridgehead atoms. The second-order valence-electron chi connectivity index (χ2n) is 4.23. The van der Waals surface area contributed by atoms with Crippen molar-refractivity contribution in [1.29, 1.82) is 0 Å². The van der Waals surface area contributed by atoms with Crippen LogP contribution in [0.5, 0.6) is 0 Å². The molecule has 0 amide bonds. The summed E-state index contributed by atoms with van der Waals surface area (Å²) in [6.07, 6.45) is 1.90. The molecule has 0 atom stereocenters. The van der Waals surface area contributed by atoms with E-state index in [2.05, 4.69) is 37.1 Å². The number of nitrogens with zero attached hydrogens (tertiary/aromatic N) is 2. The van der Waals surface area contributed by atoms with Gasteiger partial charge < -0.3 is 14.5 Å². The van der Waals surface area contributed by atoms with Crippen LogP contribution in [0.15, 0.2) is 36.3 Å². The van der Waals surface area contributed by atoms with Crippen molar-refractivity contribution in [2.45, 2.75) is 6.92 Å². The van der Waals surface area contributed by atoms with Crippen molar-refractivity contribution in [3.05, 3.63) is 36.3 Å². The third kappa shape index (κ3) is 5.61. The molecular weight excluding hydrogens is 200 g/mol. The van der Waals surface area contributed by atoms with E-state index >= 15 is 0 Å². The molecule has 0 aromatic carbocycles. The van der Waals surface area contributed by atoms with Gasteiger partial charge in [0.2, 0.25) is 0 Å². The second-order valence-corrected chi connectivity index (χ2v) is 4.23. The molecule has 0 saturated carbocycles. The van der Waals surface area contributed by atoms with Gasteiger partial charge in [0.05, 0.1) is 12.8 Å². The van der Waals surface area contributed by atoms with Gasteiger partial charge in [0.25, 0.3) is 0 Å². The second kappa shape index (κ2) is 7.12. The highest BCUT2D eigenvalue weighted by atomic mass is 16.5. The molecule has 0 heterocycles. The highest BCUT2D eigenvalue weighted by Gasteiger charge is 2.08. The third-order valence-electron chi connectivity index (χ3n) is 2.23. The van der Waals surface area contributed by atoms with Gasteiger partial charge in [-0.25, -0.2) is 0 Å². The van der Waals surface area contributed by atoms with Crippen molar-refractivity contribution in [3.8, 4) is 0 Å². The number of allylic oxidation sites excluding steroid dienone is 2. The molecule has 0 aromatic heterocycles. The fraction of sp³-hybridized carbons (Fsp3) is 0.538. The lowest BCUT2D eigenvalue weighted by molar-refractivity contribution is 0.260. The Kier molecular flexibility index (Phi) is 6.58. The van der Waals surface area contributed by atoms with Gasteiger partial charge in [-0.05, 0) is 27.1 Å². The van der Waals surface area contributed by atoms with E-state index in [-0.39, 0.29) is 0 Å². The van der Waals surface area contributed by atoms with Gasteiger partial charge in [-0.1, -0.05) is 18.7 Å². The zero-order valence-electron chi connectivity index (χ0n) is 11.2. The number of methoxy groups -OCH3 is 1. The molecule has 0 aliphatic heterocycles. The van der Waals surface area contributed by atoms with Crippen molar-refractivity contribution in [1.82, 2.24) is 9.80 Å². The lowest BCUT2D eigenvalue weighted by Gasteiger charge is -2.24. The fourth-order valence-electron chi connectivity index (χ4n) is 1.16. The van der Waals surface area contributed by atoms with Crippen LogP contribution < -0.4 is 0 Å². The number of hydrogen-bond acceptors (Lipinski definition) is 3. The highest BCUT2D eigenvalue weighted by molar-refractivity contribution is 5.28. The average molecular weight is 224 g/mol. The summed E-state index contributed by atoms with van der Waals surface area (Å²) in [5.74, 6) is 0.772. The molecule has 92 valence electrons. The van der Waals surface area contributed by atoms with Crippen LogP contribution in [-0.2, 0) is 4.74 Å². The van der Waals surface area contributed by atoms with E-state index in [0.29, 0.717) is 0 Å². The minimum absolute atomic E-state index is 0.772. The summed E-state index contributed by atoms with van der Waals surface area (Å²) in [7, 11) is 7.77. The maximum atomic E-state index is 5.30. The summed E-state index contributed by atoms with van der Waals surface area (Å²) < 4.78 is 5.30. The monoisotopic (exact) mass is 224 g/mol. The molecule has 0 aliphatic rings. The lowest BCUT2D eigenvalue weighted by atomic mass is 10.2. The molecule has 0 aliphatic carbocycles. The van der Waals surface area contributed by atoms with Gasteiger partial charge >= 0.3 is 0 Å². The zero-order valence-corrected chi connectivity index (χ0v) is 11.2. The topological polar surface area (TPSA) is 15.7 Å². The SMILES string of the molecule is C=C(C)/C=C(/OC)C(=C)N(C)CCN(C)C. The summed E-state index contributed by atoms with van der Waals surface area (Å²) in [5.41, 5.74) is 1.84. The Morgan fingerprint density at radius 2 is 1.75 bits per heavy atom. The molecule has 16 heavy (non-hydrogen) atoms. The first kappa shape index (κ1) is 14.8. The minimum atomic E-state index is 0.772. The van der Waals surface area contributed by atoms with Gasteiger partial charge in [0.15, 0.2) is 0 Å². The summed E-state index contributed by atoms with van der Waals surface area (Å²) >= 11 is 0. The Morgan fingerprint density at radius 3 is 2.12 bits per heavy atom. The van der Waals surface area contributed by atoms with Crippen molar-refractivity contribution in [3.63, 3.8) is 0 Å². The van der Waals surface area contributed by atoms with E-state index in [1.165, 1.54) is 0 Å². The zero-order chi connectivity index (χ0) is 12.7. The molecule has 0 fully saturated rings. The molecule has 3 heteroatoms.